The Morgan fingerprint density at radius 1 is 1.05 bits per heavy atom. The number of nitrogens with one attached hydrogen (secondary N) is 2. The second-order valence-electron chi connectivity index (χ2n) is 13.2. The van der Waals surface area contributed by atoms with Gasteiger partial charge in [0.25, 0.3) is 0 Å². The lowest BCUT2D eigenvalue weighted by molar-refractivity contribution is -0.219. The number of allylic oxidation sites excluding steroid dienone is 4. The fourth-order valence-corrected chi connectivity index (χ4v) is 8.47. The monoisotopic (exact) mass is 594 g/mol. The molecule has 0 unspecified atom stereocenters. The van der Waals surface area contributed by atoms with Crippen molar-refractivity contribution in [2.75, 3.05) is 45.9 Å². The Morgan fingerprint density at radius 2 is 1.62 bits per heavy atom. The topological polar surface area (TPSA) is 171 Å². The van der Waals surface area contributed by atoms with Gasteiger partial charge in [-0.05, 0) is 122 Å². The molecule has 0 radical (unpaired) electrons. The number of aliphatic hydroxyl groups excluding tert-OH is 2. The lowest BCUT2D eigenvalue weighted by Gasteiger charge is -2.62. The molecule has 240 valence electrons. The summed E-state index contributed by atoms with van der Waals surface area (Å²) >= 11 is 0. The van der Waals surface area contributed by atoms with Crippen molar-refractivity contribution in [1.29, 1.82) is 0 Å². The van der Waals surface area contributed by atoms with E-state index < -0.39 is 52.4 Å². The molecule has 0 spiro atoms. The average Bonchev–Trinajstić information content (AvgIpc) is 3.16. The molecule has 0 aromatic heterocycles. The van der Waals surface area contributed by atoms with Gasteiger partial charge in [0.15, 0.2) is 17.2 Å². The molecule has 42 heavy (non-hydrogen) atoms. The minimum atomic E-state index is -1.98. The van der Waals surface area contributed by atoms with Crippen LogP contribution < -0.4 is 22.1 Å². The number of halogens is 1. The van der Waals surface area contributed by atoms with Crippen LogP contribution in [0.2, 0.25) is 0 Å². The molecule has 0 bridgehead atoms. The van der Waals surface area contributed by atoms with Crippen LogP contribution in [0.15, 0.2) is 23.8 Å². The van der Waals surface area contributed by atoms with Crippen LogP contribution in [0.25, 0.3) is 0 Å². The number of hydrogen-bond acceptors (Lipinski definition) is 9. The van der Waals surface area contributed by atoms with Crippen molar-refractivity contribution in [3.8, 4) is 0 Å². The van der Waals surface area contributed by atoms with E-state index in [1.54, 1.807) is 26.8 Å². The summed E-state index contributed by atoms with van der Waals surface area (Å²) < 4.78 is 16.9. The maximum atomic E-state index is 16.9. The van der Waals surface area contributed by atoms with E-state index >= 15 is 4.39 Å². The van der Waals surface area contributed by atoms with Crippen LogP contribution >= 0.6 is 0 Å². The highest BCUT2D eigenvalue weighted by molar-refractivity contribution is 6.01. The van der Waals surface area contributed by atoms with Gasteiger partial charge in [-0.25, -0.2) is 4.39 Å². The predicted molar refractivity (Wildman–Crippen MR) is 162 cm³/mol. The van der Waals surface area contributed by atoms with Gasteiger partial charge in [-0.3, -0.25) is 9.59 Å². The summed E-state index contributed by atoms with van der Waals surface area (Å²) in [4.78, 5) is 24.4. The Balaban J connectivity index is 0.000000295. The zero-order valence-electron chi connectivity index (χ0n) is 25.8. The summed E-state index contributed by atoms with van der Waals surface area (Å²) in [5.41, 5.74) is 5.59. The first kappa shape index (κ1) is 35.0. The Kier molecular flexibility index (Phi) is 12.1. The molecule has 0 aliphatic heterocycles. The van der Waals surface area contributed by atoms with Gasteiger partial charge in [0, 0.05) is 16.7 Å². The number of carbonyl (C=O) groups excluding carboxylic acids is 2. The number of aliphatic hydroxyl groups is 3. The number of ketones is 2. The Hall–Kier alpha value is -1.53. The molecule has 10 heteroatoms. The number of hydrogen-bond donors (Lipinski definition) is 7. The van der Waals surface area contributed by atoms with Crippen molar-refractivity contribution in [3.05, 3.63) is 23.8 Å². The van der Waals surface area contributed by atoms with Gasteiger partial charge in [0.05, 0.1) is 6.10 Å². The summed E-state index contributed by atoms with van der Waals surface area (Å²) in [5.74, 6) is -2.12. The summed E-state index contributed by atoms with van der Waals surface area (Å²) in [5, 5.41) is 38.7. The van der Waals surface area contributed by atoms with E-state index in [4.69, 9.17) is 11.5 Å². The van der Waals surface area contributed by atoms with Gasteiger partial charge >= 0.3 is 0 Å². The quantitative estimate of drug-likeness (QED) is 0.156. The van der Waals surface area contributed by atoms with Crippen molar-refractivity contribution in [3.63, 3.8) is 0 Å². The van der Waals surface area contributed by atoms with Crippen LogP contribution in [0, 0.1) is 28.6 Å². The number of fused-ring (bicyclic) bond motifs is 5. The molecule has 0 heterocycles. The zero-order chi connectivity index (χ0) is 31.2. The van der Waals surface area contributed by atoms with E-state index in [1.165, 1.54) is 25.0 Å². The minimum Gasteiger partial charge on any atom is -0.390 e. The maximum absolute atomic E-state index is 16.9. The molecule has 0 aromatic rings. The highest BCUT2D eigenvalue weighted by atomic mass is 19.1. The standard InChI is InChI=1S/C22H29FO5.C10H26N4/c1-12-8-16-15-5-4-13-9-14(25)6-7-19(13,2)21(15,23)17(26)10-20(16,3)22(12,28)18(27)11-24;11-5-3-9-13-7-1-2-8-14-10-4-6-12/h6-7,9,12,15-17,24,26,28H,4-5,8,10-11H2,1-3H3;13-14H,1-12H2/t12-,15+,16+,17+,19+,20+,21+,22+;/m1./s1. The van der Waals surface area contributed by atoms with E-state index in [9.17, 15) is 24.9 Å². The smallest absolute Gasteiger partial charge is 0.190 e. The third-order valence-electron chi connectivity index (χ3n) is 10.9. The fraction of sp³-hybridized carbons (Fsp3) is 0.812. The van der Waals surface area contributed by atoms with Gasteiger partial charge in [-0.2, -0.15) is 0 Å². The number of rotatable bonds is 13. The molecule has 4 aliphatic carbocycles. The fourth-order valence-electron chi connectivity index (χ4n) is 8.47. The molecule has 4 aliphatic rings. The summed E-state index contributed by atoms with van der Waals surface area (Å²) in [6.07, 6.45) is 9.07. The van der Waals surface area contributed by atoms with Gasteiger partial charge in [-0.1, -0.05) is 25.5 Å². The normalized spacial score (nSPS) is 38.6. The SMILES string of the molecule is C[C@@H]1C[C@H]2[C@@H]3CCC4=CC(=O)C=C[C@]4(C)[C@@]3(F)[C@@H](O)C[C@]2(C)[C@@]1(O)C(=O)CO.NCCCNCCCCNCCCN. The number of Topliss-reactive ketones (excluding diaryl/α,β-unsaturated/α-hetero) is 1. The van der Waals surface area contributed by atoms with Crippen molar-refractivity contribution < 1.29 is 29.3 Å². The summed E-state index contributed by atoms with van der Waals surface area (Å²) in [6, 6.07) is 0. The summed E-state index contributed by atoms with van der Waals surface area (Å²) in [6.45, 7) is 10.4. The van der Waals surface area contributed by atoms with Gasteiger partial charge in [0.1, 0.15) is 12.2 Å². The largest absolute Gasteiger partial charge is 0.390 e. The molecule has 8 atom stereocenters. The highest BCUT2D eigenvalue weighted by Crippen LogP contribution is 2.70. The molecule has 0 amide bonds. The van der Waals surface area contributed by atoms with Gasteiger partial charge in [-0.15, -0.1) is 0 Å². The van der Waals surface area contributed by atoms with Crippen LogP contribution in [-0.4, -0.2) is 90.1 Å². The predicted octanol–water partition coefficient (Wildman–Crippen LogP) is 1.54. The number of carbonyl (C=O) groups is 2. The van der Waals surface area contributed by atoms with Gasteiger partial charge in [0.2, 0.25) is 0 Å². The lowest BCUT2D eigenvalue weighted by Crippen LogP contribution is -2.69. The second-order valence-corrected chi connectivity index (χ2v) is 13.2. The maximum Gasteiger partial charge on any atom is 0.190 e. The molecule has 4 rings (SSSR count). The summed E-state index contributed by atoms with van der Waals surface area (Å²) in [7, 11) is 0. The zero-order valence-corrected chi connectivity index (χ0v) is 25.8. The van der Waals surface area contributed by atoms with E-state index in [1.807, 2.05) is 0 Å². The van der Waals surface area contributed by atoms with Crippen LogP contribution in [0.1, 0.15) is 72.1 Å². The molecule has 0 aromatic carbocycles. The van der Waals surface area contributed by atoms with Crippen molar-refractivity contribution >= 4 is 11.6 Å². The third kappa shape index (κ3) is 6.18. The average molecular weight is 595 g/mol. The first-order chi connectivity index (χ1) is 19.9. The van der Waals surface area contributed by atoms with E-state index in [2.05, 4.69) is 10.6 Å². The Bertz CT molecular complexity index is 997. The van der Waals surface area contributed by atoms with Gasteiger partial charge < -0.3 is 37.4 Å². The Morgan fingerprint density at radius 3 is 2.17 bits per heavy atom. The molecular formula is C32H55FN4O5. The van der Waals surface area contributed by atoms with Crippen molar-refractivity contribution in [1.82, 2.24) is 10.6 Å². The first-order valence-electron chi connectivity index (χ1n) is 15.9. The lowest BCUT2D eigenvalue weighted by atomic mass is 9.44. The van der Waals surface area contributed by atoms with E-state index in [-0.39, 0.29) is 18.1 Å². The number of nitrogens with two attached hydrogens (primary N) is 2. The van der Waals surface area contributed by atoms with E-state index in [0.29, 0.717) is 24.8 Å². The second kappa shape index (κ2) is 14.5. The Labute approximate surface area is 250 Å². The van der Waals surface area contributed by atoms with Crippen molar-refractivity contribution in [2.45, 2.75) is 89.5 Å². The van der Waals surface area contributed by atoms with Crippen LogP contribution in [0.4, 0.5) is 4.39 Å². The molecule has 3 saturated carbocycles. The molecule has 0 saturated heterocycles. The number of unbranched alkanes of at least 4 members (excludes halogenated alkanes) is 1. The highest BCUT2D eigenvalue weighted by Gasteiger charge is 2.75. The molecule has 9 nitrogen and oxygen atoms in total. The van der Waals surface area contributed by atoms with Crippen LogP contribution in [0.3, 0.4) is 0 Å². The molecule has 3 fully saturated rings. The number of alkyl halides is 1. The van der Waals surface area contributed by atoms with E-state index in [0.717, 1.165) is 52.1 Å². The molecular weight excluding hydrogens is 539 g/mol. The van der Waals surface area contributed by atoms with Crippen molar-refractivity contribution in [2.24, 2.45) is 40.1 Å². The van der Waals surface area contributed by atoms with Crippen LogP contribution in [0.5, 0.6) is 0 Å². The third-order valence-corrected chi connectivity index (χ3v) is 10.9. The molecule has 9 N–H and O–H groups in total. The van der Waals surface area contributed by atoms with Crippen LogP contribution in [-0.2, 0) is 9.59 Å². The minimum absolute atomic E-state index is 0.0676. The first-order valence-corrected chi connectivity index (χ1v) is 15.9.